The highest BCUT2D eigenvalue weighted by Crippen LogP contribution is 2.32. The molecule has 2 heterocycles. The maximum atomic E-state index is 11.7. The summed E-state index contributed by atoms with van der Waals surface area (Å²) in [5.74, 6) is 1.28. The molecule has 3 aromatic rings. The molecule has 0 radical (unpaired) electrons. The number of rotatable bonds is 6. The first kappa shape index (κ1) is 18.3. The number of anilines is 3. The van der Waals surface area contributed by atoms with E-state index < -0.39 is 9.84 Å². The Hall–Kier alpha value is -2.52. The Bertz CT molecular complexity index is 1070. The van der Waals surface area contributed by atoms with Gasteiger partial charge in [0.05, 0.1) is 28.1 Å². The number of hydrogen-bond donors (Lipinski definition) is 3. The molecule has 26 heavy (non-hydrogen) atoms. The van der Waals surface area contributed by atoms with E-state index in [4.69, 9.17) is 16.3 Å². The third-order valence-electron chi connectivity index (χ3n) is 3.68. The van der Waals surface area contributed by atoms with Crippen LogP contribution in [0, 0.1) is 0 Å². The summed E-state index contributed by atoms with van der Waals surface area (Å²) in [7, 11) is -1.87. The quantitative estimate of drug-likeness (QED) is 0.588. The van der Waals surface area contributed by atoms with Gasteiger partial charge in [-0.3, -0.25) is 0 Å². The van der Waals surface area contributed by atoms with Crippen LogP contribution in [0.1, 0.15) is 6.92 Å². The van der Waals surface area contributed by atoms with E-state index in [9.17, 15) is 8.42 Å². The van der Waals surface area contributed by atoms with Gasteiger partial charge in [-0.2, -0.15) is 9.97 Å². The summed E-state index contributed by atoms with van der Waals surface area (Å²) < 4.78 is 28.7. The van der Waals surface area contributed by atoms with Crippen LogP contribution in [-0.2, 0) is 9.84 Å². The van der Waals surface area contributed by atoms with Crippen molar-refractivity contribution in [1.29, 1.82) is 0 Å². The van der Waals surface area contributed by atoms with E-state index in [2.05, 4.69) is 25.6 Å². The molecule has 1 aromatic carbocycles. The van der Waals surface area contributed by atoms with E-state index in [1.807, 2.05) is 6.92 Å². The van der Waals surface area contributed by atoms with E-state index in [0.717, 1.165) is 6.26 Å². The van der Waals surface area contributed by atoms with Crippen molar-refractivity contribution in [3.63, 3.8) is 0 Å². The molecule has 2 aromatic heterocycles. The average molecular weight is 396 g/mol. The summed E-state index contributed by atoms with van der Waals surface area (Å²) in [6.45, 7) is 2.62. The standard InChI is InChI=1S/C16H18ClN5O3S/c1-4-18-14-13-10(17)8-19-15(13)22-16(21-14)20-11-6-5-9(26(3,23)24)7-12(11)25-2/h5-8H,4H2,1-3H3,(H3,18,19,20,21,22). The number of aromatic nitrogens is 3. The Morgan fingerprint density at radius 3 is 2.73 bits per heavy atom. The highest BCUT2D eigenvalue weighted by Gasteiger charge is 2.15. The average Bonchev–Trinajstić information content (AvgIpc) is 2.96. The second-order valence-electron chi connectivity index (χ2n) is 5.55. The van der Waals surface area contributed by atoms with Gasteiger partial charge in [0, 0.05) is 25.1 Å². The van der Waals surface area contributed by atoms with Crippen LogP contribution in [0.5, 0.6) is 5.75 Å². The SMILES string of the molecule is CCNc1nc(Nc2ccc(S(C)(=O)=O)cc2OC)nc2[nH]cc(Cl)c12. The van der Waals surface area contributed by atoms with E-state index in [1.54, 1.807) is 12.3 Å². The lowest BCUT2D eigenvalue weighted by molar-refractivity contribution is 0.415. The lowest BCUT2D eigenvalue weighted by Gasteiger charge is -2.13. The number of nitrogens with one attached hydrogen (secondary N) is 3. The van der Waals surface area contributed by atoms with Gasteiger partial charge in [-0.25, -0.2) is 8.42 Å². The molecule has 0 atom stereocenters. The Labute approximate surface area is 155 Å². The minimum Gasteiger partial charge on any atom is -0.495 e. The van der Waals surface area contributed by atoms with Gasteiger partial charge in [-0.05, 0) is 19.1 Å². The first-order valence-electron chi connectivity index (χ1n) is 7.77. The molecule has 8 nitrogen and oxygen atoms in total. The summed E-state index contributed by atoms with van der Waals surface area (Å²) in [5, 5.41) is 7.44. The third-order valence-corrected chi connectivity index (χ3v) is 5.08. The second-order valence-corrected chi connectivity index (χ2v) is 7.97. The minimum absolute atomic E-state index is 0.167. The molecule has 138 valence electrons. The zero-order valence-corrected chi connectivity index (χ0v) is 16.0. The van der Waals surface area contributed by atoms with Crippen molar-refractivity contribution in [1.82, 2.24) is 15.0 Å². The monoisotopic (exact) mass is 395 g/mol. The molecule has 3 rings (SSSR count). The lowest BCUT2D eigenvalue weighted by atomic mass is 10.3. The smallest absolute Gasteiger partial charge is 0.231 e. The van der Waals surface area contributed by atoms with Crippen molar-refractivity contribution in [3.05, 3.63) is 29.4 Å². The summed E-state index contributed by atoms with van der Waals surface area (Å²) in [5.41, 5.74) is 1.12. The Morgan fingerprint density at radius 1 is 1.31 bits per heavy atom. The third kappa shape index (κ3) is 3.54. The molecule has 0 aliphatic heterocycles. The molecule has 0 spiro atoms. The molecule has 10 heteroatoms. The maximum absolute atomic E-state index is 11.7. The molecule has 0 aliphatic rings. The van der Waals surface area contributed by atoms with Crippen LogP contribution in [0.15, 0.2) is 29.3 Å². The van der Waals surface area contributed by atoms with Gasteiger partial charge < -0.3 is 20.4 Å². The summed E-state index contributed by atoms with van der Waals surface area (Å²) in [4.78, 5) is 12.0. The summed E-state index contributed by atoms with van der Waals surface area (Å²) >= 11 is 6.19. The van der Waals surface area contributed by atoms with Crippen molar-refractivity contribution in [2.24, 2.45) is 0 Å². The number of aromatic amines is 1. The van der Waals surface area contributed by atoms with E-state index >= 15 is 0 Å². The highest BCUT2D eigenvalue weighted by atomic mass is 35.5. The zero-order valence-electron chi connectivity index (χ0n) is 14.4. The van der Waals surface area contributed by atoms with Crippen LogP contribution >= 0.6 is 11.6 Å². The van der Waals surface area contributed by atoms with Crippen molar-refractivity contribution in [3.8, 4) is 5.75 Å². The van der Waals surface area contributed by atoms with Gasteiger partial charge in [-0.1, -0.05) is 11.6 Å². The van der Waals surface area contributed by atoms with E-state index in [0.29, 0.717) is 45.8 Å². The largest absolute Gasteiger partial charge is 0.495 e. The number of benzene rings is 1. The number of halogens is 1. The maximum Gasteiger partial charge on any atom is 0.231 e. The summed E-state index contributed by atoms with van der Waals surface area (Å²) in [6, 6.07) is 4.56. The van der Waals surface area contributed by atoms with Crippen LogP contribution in [0.4, 0.5) is 17.5 Å². The Kier molecular flexibility index (Phi) is 4.92. The number of methoxy groups -OCH3 is 1. The topological polar surface area (TPSA) is 109 Å². The molecule has 0 saturated heterocycles. The zero-order chi connectivity index (χ0) is 18.9. The molecule has 0 amide bonds. The van der Waals surface area contributed by atoms with Crippen molar-refractivity contribution >= 4 is 49.9 Å². The van der Waals surface area contributed by atoms with Crippen molar-refractivity contribution in [2.75, 3.05) is 30.5 Å². The summed E-state index contributed by atoms with van der Waals surface area (Å²) in [6.07, 6.45) is 2.79. The van der Waals surface area contributed by atoms with Gasteiger partial charge >= 0.3 is 0 Å². The molecular weight excluding hydrogens is 378 g/mol. The lowest BCUT2D eigenvalue weighted by Crippen LogP contribution is -2.06. The second kappa shape index (κ2) is 7.00. The van der Waals surface area contributed by atoms with Crippen LogP contribution in [0.2, 0.25) is 5.02 Å². The fourth-order valence-corrected chi connectivity index (χ4v) is 3.34. The predicted octanol–water partition coefficient (Wildman–Crippen LogP) is 3.20. The number of hydrogen-bond acceptors (Lipinski definition) is 7. The molecule has 3 N–H and O–H groups in total. The van der Waals surface area contributed by atoms with Crippen LogP contribution < -0.4 is 15.4 Å². The number of sulfone groups is 1. The molecule has 0 bridgehead atoms. The van der Waals surface area contributed by atoms with Crippen molar-refractivity contribution < 1.29 is 13.2 Å². The van der Waals surface area contributed by atoms with Crippen LogP contribution in [-0.4, -0.2) is 43.3 Å². The normalized spacial score (nSPS) is 11.5. The van der Waals surface area contributed by atoms with Crippen LogP contribution in [0.25, 0.3) is 11.0 Å². The number of nitrogens with zero attached hydrogens (tertiary/aromatic N) is 2. The fraction of sp³-hybridized carbons (Fsp3) is 0.250. The van der Waals surface area contributed by atoms with E-state index in [-0.39, 0.29) is 4.90 Å². The first-order chi connectivity index (χ1) is 12.3. The fourth-order valence-electron chi connectivity index (χ4n) is 2.47. The van der Waals surface area contributed by atoms with E-state index in [1.165, 1.54) is 19.2 Å². The van der Waals surface area contributed by atoms with Gasteiger partial charge in [-0.15, -0.1) is 0 Å². The molecule has 0 aliphatic carbocycles. The van der Waals surface area contributed by atoms with Gasteiger partial charge in [0.1, 0.15) is 17.2 Å². The number of H-pyrrole nitrogens is 1. The van der Waals surface area contributed by atoms with Gasteiger partial charge in [0.15, 0.2) is 9.84 Å². The Morgan fingerprint density at radius 2 is 2.08 bits per heavy atom. The number of fused-ring (bicyclic) bond motifs is 1. The first-order valence-corrected chi connectivity index (χ1v) is 10.0. The molecule has 0 saturated carbocycles. The number of ether oxygens (including phenoxy) is 1. The van der Waals surface area contributed by atoms with Crippen molar-refractivity contribution in [2.45, 2.75) is 11.8 Å². The van der Waals surface area contributed by atoms with Gasteiger partial charge in [0.2, 0.25) is 5.95 Å². The predicted molar refractivity (Wildman–Crippen MR) is 102 cm³/mol. The molecular formula is C16H18ClN5O3S. The highest BCUT2D eigenvalue weighted by molar-refractivity contribution is 7.90. The molecule has 0 fully saturated rings. The Balaban J connectivity index is 2.03. The van der Waals surface area contributed by atoms with Gasteiger partial charge in [0.25, 0.3) is 0 Å². The molecule has 0 unspecified atom stereocenters. The minimum atomic E-state index is -3.33. The van der Waals surface area contributed by atoms with Crippen LogP contribution in [0.3, 0.4) is 0 Å².